The molecule has 1 aliphatic rings. The molecule has 1 fully saturated rings. The molecule has 0 unspecified atom stereocenters. The Balaban J connectivity index is 2.25. The molecule has 0 saturated carbocycles. The third-order valence-corrected chi connectivity index (χ3v) is 2.64. The number of carboxylic acid groups (broad SMARTS) is 1. The van der Waals surface area contributed by atoms with Crippen LogP contribution in [0.25, 0.3) is 6.08 Å². The number of carboxylic acids is 1. The minimum absolute atomic E-state index is 0.107. The quantitative estimate of drug-likeness (QED) is 0.535. The second-order valence-electron chi connectivity index (χ2n) is 4.27. The van der Waals surface area contributed by atoms with Crippen LogP contribution in [0.4, 0.5) is 4.79 Å². The number of benzene rings is 1. The van der Waals surface area contributed by atoms with Gasteiger partial charge in [0, 0.05) is 0 Å². The van der Waals surface area contributed by atoms with Gasteiger partial charge >= 0.3 is 6.03 Å². The first-order valence-corrected chi connectivity index (χ1v) is 6.43. The fourth-order valence-electron chi connectivity index (χ4n) is 1.79. The summed E-state index contributed by atoms with van der Waals surface area (Å²) in [6, 6.07) is 4.08. The van der Waals surface area contributed by atoms with E-state index >= 15 is 0 Å². The van der Waals surface area contributed by atoms with Crippen molar-refractivity contribution in [1.82, 2.24) is 10.6 Å². The Kier molecular flexibility index (Phi) is 4.62. The number of hydrogen-bond donors (Lipinski definition) is 2. The lowest BCUT2D eigenvalue weighted by atomic mass is 10.1. The van der Waals surface area contributed by atoms with Gasteiger partial charge in [0.2, 0.25) is 0 Å². The van der Waals surface area contributed by atoms with E-state index in [0.29, 0.717) is 17.9 Å². The van der Waals surface area contributed by atoms with Gasteiger partial charge in [-0.15, -0.1) is 0 Å². The number of hydrogen-bond acceptors (Lipinski definition) is 6. The fraction of sp³-hybridized carbons (Fsp3) is 0.214. The highest BCUT2D eigenvalue weighted by Gasteiger charge is 2.22. The summed E-state index contributed by atoms with van der Waals surface area (Å²) in [7, 11) is 0. The number of amides is 3. The average molecular weight is 305 g/mol. The standard InChI is InChI=1S/C14H14N2O6/c1-2-21-11-6-8(3-4-10(11)22-7-12(17)18)5-9-13(19)16-14(20)15-9/h3-6H,2,7H2,1H3,(H,17,18)(H2,15,16,19,20)/p-1/b9-5+. The first-order chi connectivity index (χ1) is 10.5. The van der Waals surface area contributed by atoms with Crippen molar-refractivity contribution in [2.24, 2.45) is 0 Å². The highest BCUT2D eigenvalue weighted by atomic mass is 16.5. The van der Waals surface area contributed by atoms with E-state index < -0.39 is 24.5 Å². The highest BCUT2D eigenvalue weighted by molar-refractivity contribution is 6.14. The first kappa shape index (κ1) is 15.4. The molecule has 3 amide bonds. The van der Waals surface area contributed by atoms with Crippen molar-refractivity contribution in [1.29, 1.82) is 0 Å². The Morgan fingerprint density at radius 2 is 2.00 bits per heavy atom. The van der Waals surface area contributed by atoms with Crippen molar-refractivity contribution in [3.05, 3.63) is 29.5 Å². The maximum absolute atomic E-state index is 11.5. The molecule has 22 heavy (non-hydrogen) atoms. The lowest BCUT2D eigenvalue weighted by molar-refractivity contribution is -0.307. The second kappa shape index (κ2) is 6.61. The molecule has 2 N–H and O–H groups in total. The summed E-state index contributed by atoms with van der Waals surface area (Å²) in [5.74, 6) is -1.31. The van der Waals surface area contributed by atoms with E-state index in [2.05, 4.69) is 10.6 Å². The number of carbonyl (C=O) groups is 3. The molecule has 1 aliphatic heterocycles. The molecule has 116 valence electrons. The average Bonchev–Trinajstić information content (AvgIpc) is 2.76. The molecular weight excluding hydrogens is 292 g/mol. The molecule has 0 spiro atoms. The molecule has 0 bridgehead atoms. The summed E-state index contributed by atoms with van der Waals surface area (Å²) in [5.41, 5.74) is 0.687. The number of aliphatic carboxylic acids is 1. The highest BCUT2D eigenvalue weighted by Crippen LogP contribution is 2.29. The van der Waals surface area contributed by atoms with Gasteiger partial charge in [0.05, 0.1) is 12.6 Å². The fourth-order valence-corrected chi connectivity index (χ4v) is 1.79. The zero-order chi connectivity index (χ0) is 16.1. The Morgan fingerprint density at radius 1 is 1.23 bits per heavy atom. The predicted molar refractivity (Wildman–Crippen MR) is 72.8 cm³/mol. The van der Waals surface area contributed by atoms with Crippen molar-refractivity contribution < 1.29 is 29.0 Å². The zero-order valence-electron chi connectivity index (χ0n) is 11.7. The van der Waals surface area contributed by atoms with Crippen LogP contribution < -0.4 is 25.2 Å². The van der Waals surface area contributed by atoms with Crippen LogP contribution in [0, 0.1) is 0 Å². The number of nitrogens with one attached hydrogen (secondary N) is 2. The Hall–Kier alpha value is -3.03. The molecule has 8 heteroatoms. The van der Waals surface area contributed by atoms with Crippen molar-refractivity contribution in [2.75, 3.05) is 13.2 Å². The predicted octanol–water partition coefficient (Wildman–Crippen LogP) is -0.606. The zero-order valence-corrected chi connectivity index (χ0v) is 11.7. The van der Waals surface area contributed by atoms with Gasteiger partial charge in [0.15, 0.2) is 11.5 Å². The van der Waals surface area contributed by atoms with E-state index in [1.54, 1.807) is 19.1 Å². The number of carbonyl (C=O) groups excluding carboxylic acids is 3. The van der Waals surface area contributed by atoms with Gasteiger partial charge < -0.3 is 24.7 Å². The number of ether oxygens (including phenoxy) is 2. The van der Waals surface area contributed by atoms with E-state index in [9.17, 15) is 19.5 Å². The molecule has 8 nitrogen and oxygen atoms in total. The van der Waals surface area contributed by atoms with E-state index in [1.165, 1.54) is 12.1 Å². The molecule has 1 heterocycles. The van der Waals surface area contributed by atoms with Crippen LogP contribution in [-0.4, -0.2) is 31.1 Å². The van der Waals surface area contributed by atoms with Gasteiger partial charge in [0.25, 0.3) is 5.91 Å². The van der Waals surface area contributed by atoms with Crippen molar-refractivity contribution >= 4 is 24.0 Å². The molecule has 1 saturated heterocycles. The second-order valence-corrected chi connectivity index (χ2v) is 4.27. The number of urea groups is 1. The minimum atomic E-state index is -1.35. The maximum atomic E-state index is 11.5. The summed E-state index contributed by atoms with van der Waals surface area (Å²) in [5, 5.41) is 14.9. The molecule has 1 aromatic carbocycles. The molecule has 2 rings (SSSR count). The lowest BCUT2D eigenvalue weighted by Crippen LogP contribution is -2.29. The van der Waals surface area contributed by atoms with Gasteiger partial charge in [-0.3, -0.25) is 10.1 Å². The van der Waals surface area contributed by atoms with Crippen LogP contribution >= 0.6 is 0 Å². The monoisotopic (exact) mass is 305 g/mol. The van der Waals surface area contributed by atoms with Crippen molar-refractivity contribution in [2.45, 2.75) is 6.92 Å². The maximum Gasteiger partial charge on any atom is 0.326 e. The van der Waals surface area contributed by atoms with Gasteiger partial charge in [-0.2, -0.15) is 0 Å². The number of rotatable bonds is 6. The summed E-state index contributed by atoms with van der Waals surface area (Å²) >= 11 is 0. The van der Waals surface area contributed by atoms with Crippen LogP contribution in [0.5, 0.6) is 11.5 Å². The third-order valence-electron chi connectivity index (χ3n) is 2.64. The summed E-state index contributed by atoms with van der Waals surface area (Å²) < 4.78 is 10.4. The summed E-state index contributed by atoms with van der Waals surface area (Å²) in [6.45, 7) is 1.51. The largest absolute Gasteiger partial charge is 0.546 e. The van der Waals surface area contributed by atoms with Crippen LogP contribution in [-0.2, 0) is 9.59 Å². The van der Waals surface area contributed by atoms with Crippen LogP contribution in [0.15, 0.2) is 23.9 Å². The molecule has 0 aromatic heterocycles. The Bertz CT molecular complexity index is 653. The topological polar surface area (TPSA) is 117 Å². The van der Waals surface area contributed by atoms with Crippen molar-refractivity contribution in [3.63, 3.8) is 0 Å². The van der Waals surface area contributed by atoms with E-state index in [1.807, 2.05) is 0 Å². The van der Waals surface area contributed by atoms with E-state index in [-0.39, 0.29) is 11.4 Å². The Labute approximate surface area is 125 Å². The first-order valence-electron chi connectivity index (χ1n) is 6.43. The van der Waals surface area contributed by atoms with Gasteiger partial charge in [-0.1, -0.05) is 6.07 Å². The van der Waals surface area contributed by atoms with Crippen LogP contribution in [0.3, 0.4) is 0 Å². The van der Waals surface area contributed by atoms with Crippen LogP contribution in [0.1, 0.15) is 12.5 Å². The van der Waals surface area contributed by atoms with Crippen molar-refractivity contribution in [3.8, 4) is 11.5 Å². The molecular formula is C14H13N2O6-. The lowest BCUT2D eigenvalue weighted by Gasteiger charge is -2.13. The Morgan fingerprint density at radius 3 is 2.59 bits per heavy atom. The SMILES string of the molecule is CCOc1cc(/C=C2/NC(=O)NC2=O)ccc1OCC(=O)[O-]. The molecule has 1 aromatic rings. The minimum Gasteiger partial charge on any atom is -0.546 e. The summed E-state index contributed by atoms with van der Waals surface area (Å²) in [6.07, 6.45) is 1.46. The van der Waals surface area contributed by atoms with E-state index in [4.69, 9.17) is 9.47 Å². The third kappa shape index (κ3) is 3.75. The number of imide groups is 1. The molecule has 0 atom stereocenters. The van der Waals surface area contributed by atoms with Crippen LogP contribution in [0.2, 0.25) is 0 Å². The van der Waals surface area contributed by atoms with E-state index in [0.717, 1.165) is 0 Å². The van der Waals surface area contributed by atoms with Gasteiger partial charge in [-0.05, 0) is 30.7 Å². The normalized spacial score (nSPS) is 15.4. The van der Waals surface area contributed by atoms with Gasteiger partial charge in [-0.25, -0.2) is 4.79 Å². The molecule has 0 radical (unpaired) electrons. The molecule has 0 aliphatic carbocycles. The smallest absolute Gasteiger partial charge is 0.326 e. The summed E-state index contributed by atoms with van der Waals surface area (Å²) in [4.78, 5) is 32.9. The van der Waals surface area contributed by atoms with Gasteiger partial charge in [0.1, 0.15) is 12.3 Å².